The van der Waals surface area contributed by atoms with Crippen LogP contribution in [-0.2, 0) is 181 Å². The van der Waals surface area contributed by atoms with E-state index in [1.54, 1.807) is 0 Å². The average Bonchev–Trinajstić information content (AvgIpc) is 0.756. The highest BCUT2D eigenvalue weighted by Crippen LogP contribution is 2.42. The van der Waals surface area contributed by atoms with Crippen LogP contribution >= 0.6 is 0 Å². The van der Waals surface area contributed by atoms with Crippen molar-refractivity contribution in [2.45, 2.75) is 396 Å². The van der Waals surface area contributed by atoms with Crippen molar-refractivity contribution in [2.24, 2.45) is 0 Å². The Hall–Kier alpha value is -7.73. The van der Waals surface area contributed by atoms with Crippen LogP contribution in [0.4, 0.5) is 0 Å². The van der Waals surface area contributed by atoms with E-state index in [-0.39, 0.29) is 6.61 Å². The topological polar surface area (TPSA) is 635 Å². The Morgan fingerprint density at radius 2 is 0.585 bits per heavy atom. The van der Waals surface area contributed by atoms with Crippen molar-refractivity contribution in [3.05, 3.63) is 0 Å². The summed E-state index contributed by atoms with van der Waals surface area (Å²) in [6.07, 6.45) is -50.9. The molecule has 0 saturated carbocycles. The summed E-state index contributed by atoms with van der Waals surface area (Å²) in [4.78, 5) is 167. The van der Waals surface area contributed by atoms with E-state index in [1.807, 2.05) is 6.92 Å². The van der Waals surface area contributed by atoms with Gasteiger partial charge in [0.2, 0.25) is 0 Å². The lowest BCUT2D eigenvalue weighted by Crippen LogP contribution is -2.70. The van der Waals surface area contributed by atoms with Crippen molar-refractivity contribution in [2.75, 3.05) is 52.9 Å². The highest BCUT2D eigenvalue weighted by Gasteiger charge is 2.63. The first-order chi connectivity index (χ1) is 61.5. The van der Waals surface area contributed by atoms with Crippen molar-refractivity contribution in [1.29, 1.82) is 0 Å². The number of aliphatic hydroxyl groups excluding tert-OH is 8. The molecular formula is C83H130O47. The molecule has 6 fully saturated rings. The highest BCUT2D eigenvalue weighted by molar-refractivity contribution is 5.72. The van der Waals surface area contributed by atoms with Gasteiger partial charge in [-0.05, 0) is 19.3 Å². The number of rotatable bonds is 52. The van der Waals surface area contributed by atoms with E-state index in [9.17, 15) is 103 Å². The van der Waals surface area contributed by atoms with Crippen LogP contribution in [-0.4, -0.2) is 373 Å². The fourth-order valence-corrected chi connectivity index (χ4v) is 15.4. The van der Waals surface area contributed by atoms with E-state index >= 15 is 0 Å². The Morgan fingerprint density at radius 3 is 0.992 bits per heavy atom. The smallest absolute Gasteiger partial charge is 0.334 e. The molecule has 0 spiro atoms. The van der Waals surface area contributed by atoms with Crippen LogP contribution in [0.2, 0.25) is 0 Å². The van der Waals surface area contributed by atoms with Gasteiger partial charge in [0.1, 0.15) is 131 Å². The molecule has 32 atom stereocenters. The first-order valence-corrected chi connectivity index (χ1v) is 43.4. The molecule has 32 unspecified atom stereocenters. The number of aliphatic carboxylic acids is 1. The molecule has 6 aliphatic rings. The van der Waals surface area contributed by atoms with Crippen molar-refractivity contribution >= 4 is 77.6 Å². The predicted octanol–water partition coefficient (Wildman–Crippen LogP) is -0.744. The summed E-state index contributed by atoms with van der Waals surface area (Å²) in [6, 6.07) is 0. The molecule has 0 aromatic rings. The number of carboxylic acid groups (broad SMARTS) is 1. The molecule has 0 bridgehead atoms. The fourth-order valence-electron chi connectivity index (χ4n) is 15.4. The lowest BCUT2D eigenvalue weighted by atomic mass is 9.94. The van der Waals surface area contributed by atoms with E-state index in [1.165, 1.54) is 0 Å². The van der Waals surface area contributed by atoms with E-state index in [4.69, 9.17) is 124 Å². The van der Waals surface area contributed by atoms with E-state index in [2.05, 4.69) is 0 Å². The summed E-state index contributed by atoms with van der Waals surface area (Å²) in [6.45, 7) is 7.73. The van der Waals surface area contributed by atoms with Crippen LogP contribution < -0.4 is 0 Å². The van der Waals surface area contributed by atoms with Crippen LogP contribution in [0.25, 0.3) is 0 Å². The maximum absolute atomic E-state index is 13.9. The van der Waals surface area contributed by atoms with Crippen molar-refractivity contribution in [1.82, 2.24) is 0 Å². The van der Waals surface area contributed by atoms with Gasteiger partial charge in [0.15, 0.2) is 92.7 Å². The molecule has 130 heavy (non-hydrogen) atoms. The number of unbranched alkanes of at least 4 members (excludes halogenated alkanes) is 13. The Kier molecular flexibility index (Phi) is 47.7. The third kappa shape index (κ3) is 35.6. The van der Waals surface area contributed by atoms with Crippen molar-refractivity contribution < 1.29 is 227 Å². The number of esters is 12. The number of carbonyl (C=O) groups excluding carboxylic acids is 12. The molecule has 6 rings (SSSR count). The second-order valence-electron chi connectivity index (χ2n) is 32.1. The van der Waals surface area contributed by atoms with Crippen LogP contribution in [0.15, 0.2) is 0 Å². The molecule has 47 nitrogen and oxygen atoms in total. The quantitative estimate of drug-likeness (QED) is 0.0206. The third-order valence-corrected chi connectivity index (χ3v) is 21.3. The van der Waals surface area contributed by atoms with Gasteiger partial charge >= 0.3 is 77.6 Å². The zero-order valence-electron chi connectivity index (χ0n) is 75.2. The van der Waals surface area contributed by atoms with Gasteiger partial charge in [-0.1, -0.05) is 96.8 Å². The third-order valence-electron chi connectivity index (χ3n) is 21.3. The van der Waals surface area contributed by atoms with Crippen LogP contribution in [0, 0.1) is 0 Å². The normalized spacial score (nSPS) is 33.1. The second-order valence-corrected chi connectivity index (χ2v) is 32.1. The lowest BCUT2D eigenvalue weighted by Gasteiger charge is -2.52. The molecule has 6 heterocycles. The van der Waals surface area contributed by atoms with Crippen LogP contribution in [0.5, 0.6) is 0 Å². The van der Waals surface area contributed by atoms with E-state index in [0.717, 1.165) is 167 Å². The molecule has 0 amide bonds. The summed E-state index contributed by atoms with van der Waals surface area (Å²) in [5.41, 5.74) is 0. The van der Waals surface area contributed by atoms with Crippen molar-refractivity contribution in [3.63, 3.8) is 0 Å². The minimum absolute atomic E-state index is 0.254. The highest BCUT2D eigenvalue weighted by atomic mass is 16.8. The predicted molar refractivity (Wildman–Crippen MR) is 425 cm³/mol. The van der Waals surface area contributed by atoms with Gasteiger partial charge in [0.05, 0.1) is 19.3 Å². The maximum atomic E-state index is 13.9. The first kappa shape index (κ1) is 111. The molecule has 0 radical (unpaired) electrons. The largest absolute Gasteiger partial charge is 0.479 e. The molecule has 6 saturated heterocycles. The van der Waals surface area contributed by atoms with Gasteiger partial charge in [-0.25, -0.2) is 4.79 Å². The standard InChI is InChI=1S/C83H130O47/c1-14-29-51(30-27-25-23-21-19-17-15-16-18-20-22-24-26-28-31-106-33-52(97)77(104)105)119-79-70(129-82-74(117-49(12)95)71(114-46(9)92)66(112-44(7)90)56(123-82)36-109-41(4)87)64(103)65(53(32-84)120-79)126-81-75(118-50(13)96)73(116-48(11)94)68(58(125-81)38-111-43(6)89)127-83-76(72(115-47(10)93)67(113-45(8)91)57(124-83)37-110-42(5)88)130-80-69(62(101)60(99)55(122-80)35-108-40(3)86)128-78-63(102)61(100)59(98)54(121-78)34-107-39(2)85/h51-76,78-84,97-103H,14-38H2,1-13H3,(H,104,105). The molecular weight excluding hydrogens is 1750 g/mol. The molecule has 744 valence electrons. The zero-order chi connectivity index (χ0) is 96.3. The average molecular weight is 1880 g/mol. The SMILES string of the molecule is CCCC(CCCCCCCCCCCCCCCCOCC(O)C(=O)O)OC1OC(CO)C(OC2OC(COC(C)=O)C(OC3OC(COC(C)=O)C(OC(C)=O)C(OC(C)=O)C3OC3OC(COC(C)=O)C(O)C(O)C3OC3OC(COC(C)=O)C(O)C(O)C3O)C(OC(C)=O)C2OC(C)=O)C(O)C1OC1OC(COC(C)=O)C(OC(C)=O)C(OC(C)=O)C1OC(C)=O. The molecule has 0 aliphatic carbocycles. The molecule has 9 N–H and O–H groups in total. The minimum Gasteiger partial charge on any atom is -0.479 e. The Morgan fingerprint density at radius 1 is 0.285 bits per heavy atom. The fraction of sp³-hybridized carbons (Fsp3) is 0.843. The summed E-state index contributed by atoms with van der Waals surface area (Å²) in [7, 11) is 0. The van der Waals surface area contributed by atoms with E-state index < -0.39 is 314 Å². The van der Waals surface area contributed by atoms with Gasteiger partial charge in [0.25, 0.3) is 0 Å². The molecule has 6 aliphatic heterocycles. The van der Waals surface area contributed by atoms with Gasteiger partial charge in [-0.2, -0.15) is 0 Å². The molecule has 0 aromatic carbocycles. The summed E-state index contributed by atoms with van der Waals surface area (Å²) in [5.74, 6) is -14.0. The Balaban J connectivity index is 1.44. The number of carbonyl (C=O) groups is 13. The van der Waals surface area contributed by atoms with Gasteiger partial charge in [0, 0.05) is 89.7 Å². The first-order valence-electron chi connectivity index (χ1n) is 43.4. The molecule has 47 heteroatoms. The minimum atomic E-state index is -2.44. The van der Waals surface area contributed by atoms with E-state index in [0.29, 0.717) is 32.3 Å². The second kappa shape index (κ2) is 55.8. The number of ether oxygens (including phenoxy) is 25. The number of hydrogen-bond acceptors (Lipinski definition) is 46. The Bertz CT molecular complexity index is 3570. The Labute approximate surface area is 750 Å². The lowest BCUT2D eigenvalue weighted by molar-refractivity contribution is -0.409. The summed E-state index contributed by atoms with van der Waals surface area (Å²) >= 11 is 0. The van der Waals surface area contributed by atoms with Gasteiger partial charge < -0.3 is 164 Å². The monoisotopic (exact) mass is 1880 g/mol. The van der Waals surface area contributed by atoms with Gasteiger partial charge in [-0.15, -0.1) is 0 Å². The number of hydrogen-bond donors (Lipinski definition) is 9. The number of carboxylic acids is 1. The number of aliphatic hydroxyl groups is 8. The maximum Gasteiger partial charge on any atom is 0.334 e. The molecule has 0 aromatic heterocycles. The van der Waals surface area contributed by atoms with Crippen LogP contribution in [0.1, 0.15) is 199 Å². The zero-order valence-corrected chi connectivity index (χ0v) is 75.2. The van der Waals surface area contributed by atoms with Gasteiger partial charge in [-0.3, -0.25) is 57.5 Å². The van der Waals surface area contributed by atoms with Crippen molar-refractivity contribution in [3.8, 4) is 0 Å². The summed E-state index contributed by atoms with van der Waals surface area (Å²) in [5, 5.41) is 100. The van der Waals surface area contributed by atoms with Crippen LogP contribution in [0.3, 0.4) is 0 Å². The summed E-state index contributed by atoms with van der Waals surface area (Å²) < 4.78 is 150.